The molecule has 1 fully saturated rings. The maximum absolute atomic E-state index is 14.2. The first-order valence-electron chi connectivity index (χ1n) is 9.53. The van der Waals surface area contributed by atoms with Gasteiger partial charge in [0.1, 0.15) is 16.6 Å². The third-order valence-electron chi connectivity index (χ3n) is 5.04. The number of hydrogen-bond acceptors (Lipinski definition) is 5. The number of amides is 1. The normalized spacial score (nSPS) is 13.4. The second-order valence-electron chi connectivity index (χ2n) is 7.37. The predicted molar refractivity (Wildman–Crippen MR) is 112 cm³/mol. The first-order chi connectivity index (χ1) is 14.0. The minimum absolute atomic E-state index is 0.0565. The van der Waals surface area contributed by atoms with E-state index in [1.54, 1.807) is 24.1 Å². The van der Waals surface area contributed by atoms with Crippen LogP contribution in [0.25, 0.3) is 10.6 Å². The molecule has 1 heterocycles. The zero-order valence-corrected chi connectivity index (χ0v) is 17.4. The van der Waals surface area contributed by atoms with E-state index in [0.29, 0.717) is 17.6 Å². The van der Waals surface area contributed by atoms with Crippen molar-refractivity contribution in [3.05, 3.63) is 58.9 Å². The van der Waals surface area contributed by atoms with Crippen LogP contribution in [-0.2, 0) is 0 Å². The molecule has 4 rings (SSSR count). The topological polar surface area (TPSA) is 55.3 Å². The number of aromatic nitrogens is 2. The van der Waals surface area contributed by atoms with Crippen LogP contribution < -0.4 is 9.64 Å². The number of aryl methyl sites for hydroxylation is 2. The minimum atomic E-state index is -0.524. The van der Waals surface area contributed by atoms with Crippen LogP contribution in [0, 0.1) is 25.6 Å². The van der Waals surface area contributed by atoms with E-state index in [9.17, 15) is 9.18 Å². The molecule has 7 heteroatoms. The molecule has 0 bridgehead atoms. The Morgan fingerprint density at radius 2 is 1.90 bits per heavy atom. The quantitative estimate of drug-likeness (QED) is 0.571. The second kappa shape index (κ2) is 7.91. The third-order valence-corrected chi connectivity index (χ3v) is 6.04. The summed E-state index contributed by atoms with van der Waals surface area (Å²) in [5.74, 6) is 0.386. The average Bonchev–Trinajstić information content (AvgIpc) is 3.39. The van der Waals surface area contributed by atoms with E-state index >= 15 is 0 Å². The molecular formula is C22H22FN3O2S. The van der Waals surface area contributed by atoms with Crippen molar-refractivity contribution in [1.29, 1.82) is 0 Å². The molecule has 29 heavy (non-hydrogen) atoms. The number of carbonyl (C=O) groups is 1. The van der Waals surface area contributed by atoms with Crippen molar-refractivity contribution >= 4 is 22.4 Å². The maximum Gasteiger partial charge on any atom is 0.263 e. The number of nitrogens with zero attached hydrogens (tertiary/aromatic N) is 3. The summed E-state index contributed by atoms with van der Waals surface area (Å²) in [6, 6.07) is 10.1. The van der Waals surface area contributed by atoms with Crippen molar-refractivity contribution in [2.24, 2.45) is 5.92 Å². The number of hydrogen-bond donors (Lipinski definition) is 0. The summed E-state index contributed by atoms with van der Waals surface area (Å²) in [6.45, 7) is 4.50. The van der Waals surface area contributed by atoms with Gasteiger partial charge in [-0.1, -0.05) is 23.5 Å². The molecule has 0 saturated heterocycles. The Kier molecular flexibility index (Phi) is 5.32. The molecule has 0 aliphatic heterocycles. The van der Waals surface area contributed by atoms with Crippen molar-refractivity contribution in [1.82, 2.24) is 10.2 Å². The van der Waals surface area contributed by atoms with Crippen LogP contribution in [0.15, 0.2) is 36.4 Å². The summed E-state index contributed by atoms with van der Waals surface area (Å²) < 4.78 is 19.6. The lowest BCUT2D eigenvalue weighted by molar-refractivity contribution is 0.0981. The molecule has 5 nitrogen and oxygen atoms in total. The van der Waals surface area contributed by atoms with Crippen LogP contribution in [0.3, 0.4) is 0 Å². The molecule has 0 radical (unpaired) electrons. The van der Waals surface area contributed by atoms with Crippen molar-refractivity contribution in [3.63, 3.8) is 0 Å². The Labute approximate surface area is 173 Å². The van der Waals surface area contributed by atoms with E-state index in [-0.39, 0.29) is 11.5 Å². The number of anilines is 1. The largest absolute Gasteiger partial charge is 0.496 e. The fourth-order valence-electron chi connectivity index (χ4n) is 3.42. The summed E-state index contributed by atoms with van der Waals surface area (Å²) in [7, 11) is 1.65. The van der Waals surface area contributed by atoms with E-state index in [4.69, 9.17) is 4.74 Å². The molecule has 150 valence electrons. The van der Waals surface area contributed by atoms with Crippen LogP contribution in [0.4, 0.5) is 9.52 Å². The highest BCUT2D eigenvalue weighted by Crippen LogP contribution is 2.36. The maximum atomic E-state index is 14.2. The molecular weight excluding hydrogens is 389 g/mol. The number of methoxy groups -OCH3 is 1. The molecule has 2 aromatic carbocycles. The number of rotatable bonds is 6. The molecule has 1 aliphatic carbocycles. The standard InChI is InChI=1S/C22H22FN3O2S/c1-13-10-16(11-14(2)19(13)28-3)20-24-25-22(29-20)26(12-15-8-9-15)21(27)17-6-4-5-7-18(17)23/h4-7,10-11,15H,8-9,12H2,1-3H3. The number of carbonyl (C=O) groups excluding carboxylic acids is 1. The smallest absolute Gasteiger partial charge is 0.263 e. The Balaban J connectivity index is 1.68. The van der Waals surface area contributed by atoms with Gasteiger partial charge in [0.05, 0.1) is 12.7 Å². The number of halogens is 1. The molecule has 0 spiro atoms. The zero-order valence-electron chi connectivity index (χ0n) is 16.6. The number of ether oxygens (including phenoxy) is 1. The second-order valence-corrected chi connectivity index (χ2v) is 8.33. The Hall–Kier alpha value is -2.80. The molecule has 1 aromatic heterocycles. The van der Waals surface area contributed by atoms with Gasteiger partial charge < -0.3 is 4.74 Å². The first kappa shape index (κ1) is 19.5. The summed E-state index contributed by atoms with van der Waals surface area (Å²) in [5, 5.41) is 9.79. The van der Waals surface area contributed by atoms with Gasteiger partial charge in [-0.25, -0.2) is 4.39 Å². The highest BCUT2D eigenvalue weighted by atomic mass is 32.1. The predicted octanol–water partition coefficient (Wildman–Crippen LogP) is 5.03. The number of benzene rings is 2. The van der Waals surface area contributed by atoms with Gasteiger partial charge >= 0.3 is 0 Å². The van der Waals surface area contributed by atoms with Crippen LogP contribution in [0.5, 0.6) is 5.75 Å². The summed E-state index contributed by atoms with van der Waals surface area (Å²) in [5.41, 5.74) is 3.00. The van der Waals surface area contributed by atoms with Crippen LogP contribution in [-0.4, -0.2) is 29.8 Å². The van der Waals surface area contributed by atoms with Crippen molar-refractivity contribution in [2.45, 2.75) is 26.7 Å². The monoisotopic (exact) mass is 411 g/mol. The van der Waals surface area contributed by atoms with E-state index in [1.165, 1.54) is 23.5 Å². The van der Waals surface area contributed by atoms with Crippen LogP contribution >= 0.6 is 11.3 Å². The molecule has 3 aromatic rings. The first-order valence-corrected chi connectivity index (χ1v) is 10.3. The van der Waals surface area contributed by atoms with Gasteiger partial charge in [0, 0.05) is 12.1 Å². The van der Waals surface area contributed by atoms with E-state index in [2.05, 4.69) is 10.2 Å². The Morgan fingerprint density at radius 1 is 1.21 bits per heavy atom. The highest BCUT2D eigenvalue weighted by molar-refractivity contribution is 7.18. The van der Waals surface area contributed by atoms with Gasteiger partial charge in [0.15, 0.2) is 0 Å². The van der Waals surface area contributed by atoms with Gasteiger partial charge in [0.25, 0.3) is 5.91 Å². The van der Waals surface area contributed by atoms with Gasteiger partial charge in [-0.2, -0.15) is 0 Å². The molecule has 1 saturated carbocycles. The summed E-state index contributed by atoms with van der Waals surface area (Å²) >= 11 is 1.34. The molecule has 0 atom stereocenters. The molecule has 1 amide bonds. The average molecular weight is 412 g/mol. The third kappa shape index (κ3) is 4.00. The van der Waals surface area contributed by atoms with Gasteiger partial charge in [-0.05, 0) is 68.0 Å². The Bertz CT molecular complexity index is 1040. The van der Waals surface area contributed by atoms with Crippen molar-refractivity contribution in [3.8, 4) is 16.3 Å². The Morgan fingerprint density at radius 3 is 2.52 bits per heavy atom. The van der Waals surface area contributed by atoms with Gasteiger partial charge in [0.2, 0.25) is 5.13 Å². The lowest BCUT2D eigenvalue weighted by Gasteiger charge is -2.19. The fraction of sp³-hybridized carbons (Fsp3) is 0.318. The molecule has 1 aliphatic rings. The SMILES string of the molecule is COc1c(C)cc(-c2nnc(N(CC3CC3)C(=O)c3ccccc3F)s2)cc1C. The van der Waals surface area contributed by atoms with Crippen LogP contribution in [0.2, 0.25) is 0 Å². The minimum Gasteiger partial charge on any atom is -0.496 e. The lowest BCUT2D eigenvalue weighted by Crippen LogP contribution is -2.33. The molecule has 0 N–H and O–H groups in total. The van der Waals surface area contributed by atoms with E-state index in [0.717, 1.165) is 40.3 Å². The summed E-state index contributed by atoms with van der Waals surface area (Å²) in [4.78, 5) is 14.6. The van der Waals surface area contributed by atoms with Gasteiger partial charge in [-0.15, -0.1) is 10.2 Å². The van der Waals surface area contributed by atoms with Gasteiger partial charge in [-0.3, -0.25) is 9.69 Å². The van der Waals surface area contributed by atoms with Crippen LogP contribution in [0.1, 0.15) is 34.3 Å². The van der Waals surface area contributed by atoms with E-state index in [1.807, 2.05) is 26.0 Å². The fourth-order valence-corrected chi connectivity index (χ4v) is 4.26. The highest BCUT2D eigenvalue weighted by Gasteiger charge is 2.31. The van der Waals surface area contributed by atoms with E-state index < -0.39 is 5.82 Å². The van der Waals surface area contributed by atoms with Crippen molar-refractivity contribution in [2.75, 3.05) is 18.6 Å². The molecule has 0 unspecified atom stereocenters. The van der Waals surface area contributed by atoms with Crippen molar-refractivity contribution < 1.29 is 13.9 Å². The zero-order chi connectivity index (χ0) is 20.5. The summed E-state index contributed by atoms with van der Waals surface area (Å²) in [6.07, 6.45) is 2.15. The lowest BCUT2D eigenvalue weighted by atomic mass is 10.1.